The van der Waals surface area contributed by atoms with Gasteiger partial charge in [0.2, 0.25) is 0 Å². The van der Waals surface area contributed by atoms with Crippen LogP contribution in [0.5, 0.6) is 5.75 Å². The lowest BCUT2D eigenvalue weighted by molar-refractivity contribution is -0.127. The van der Waals surface area contributed by atoms with Crippen molar-refractivity contribution in [2.24, 2.45) is 5.92 Å². The van der Waals surface area contributed by atoms with Gasteiger partial charge in [-0.05, 0) is 40.4 Å². The zero-order valence-corrected chi connectivity index (χ0v) is 16.2. The molecule has 0 saturated carbocycles. The molecule has 0 amide bonds. The van der Waals surface area contributed by atoms with Gasteiger partial charge in [0, 0.05) is 17.6 Å². The van der Waals surface area contributed by atoms with Gasteiger partial charge >= 0.3 is 0 Å². The van der Waals surface area contributed by atoms with E-state index in [0.29, 0.717) is 16.5 Å². The Kier molecular flexibility index (Phi) is 4.43. The molecule has 24 heavy (non-hydrogen) atoms. The molecule has 0 radical (unpaired) electrons. The number of aryl methyl sites for hydroxylation is 1. The van der Waals surface area contributed by atoms with Gasteiger partial charge in [-0.1, -0.05) is 52.9 Å². The molecule has 0 aromatic heterocycles. The first-order chi connectivity index (χ1) is 11.3. The monoisotopic (exact) mass is 450 g/mol. The van der Waals surface area contributed by atoms with Crippen LogP contribution in [-0.4, -0.2) is 21.0 Å². The van der Waals surface area contributed by atoms with Crippen LogP contribution in [0.1, 0.15) is 23.5 Å². The van der Waals surface area contributed by atoms with E-state index in [0.717, 1.165) is 11.1 Å². The summed E-state index contributed by atoms with van der Waals surface area (Å²) in [6, 6.07) is 5.44. The molecule has 3 nitrogen and oxygen atoms in total. The van der Waals surface area contributed by atoms with Crippen LogP contribution in [0.25, 0.3) is 0 Å². The highest BCUT2D eigenvalue weighted by Gasteiger charge is 2.57. The number of Topliss-reactive ketones (excluding diaryl/α,β-unsaturated/α-hetero) is 1. The van der Waals surface area contributed by atoms with Crippen molar-refractivity contribution in [1.29, 1.82) is 0 Å². The Labute approximate surface area is 157 Å². The number of carbonyl (C=O) groups is 2. The molecule has 1 aromatic rings. The highest BCUT2D eigenvalue weighted by molar-refractivity contribution is 9.12. The van der Waals surface area contributed by atoms with Crippen molar-refractivity contribution in [1.82, 2.24) is 0 Å². The molecule has 1 N–H and O–H groups in total. The molecule has 0 unspecified atom stereocenters. The van der Waals surface area contributed by atoms with Gasteiger partial charge in [0.15, 0.2) is 11.6 Å². The summed E-state index contributed by atoms with van der Waals surface area (Å²) in [5.74, 6) is -1.16. The molecule has 0 heterocycles. The van der Waals surface area contributed by atoms with E-state index in [1.807, 2.05) is 25.1 Å². The second kappa shape index (κ2) is 6.12. The van der Waals surface area contributed by atoms with Crippen LogP contribution < -0.4 is 0 Å². The zero-order chi connectivity index (χ0) is 17.6. The number of rotatable bonds is 2. The molecule has 0 bridgehead atoms. The maximum absolute atomic E-state index is 12.9. The van der Waals surface area contributed by atoms with E-state index in [1.165, 1.54) is 6.08 Å². The first-order valence-corrected chi connectivity index (χ1v) is 9.16. The third-order valence-corrected chi connectivity index (χ3v) is 6.87. The summed E-state index contributed by atoms with van der Waals surface area (Å²) in [6.07, 6.45) is 5.40. The molecule has 0 fully saturated rings. The summed E-state index contributed by atoms with van der Waals surface area (Å²) in [5.41, 5.74) is 2.17. The average molecular weight is 452 g/mol. The minimum Gasteiger partial charge on any atom is -0.507 e. The molecule has 2 aliphatic carbocycles. The fraction of sp³-hybridized carbons (Fsp3) is 0.263. The van der Waals surface area contributed by atoms with Crippen molar-refractivity contribution in [3.63, 3.8) is 0 Å². The number of ketones is 2. The number of phenols is 1. The number of fused-ring (bicyclic) bond motifs is 1. The number of phenolic OH excluding ortho intramolecular Hbond substituents is 1. The Morgan fingerprint density at radius 3 is 2.75 bits per heavy atom. The zero-order valence-electron chi connectivity index (χ0n) is 13.1. The van der Waals surface area contributed by atoms with E-state index in [2.05, 4.69) is 38.4 Å². The predicted molar refractivity (Wildman–Crippen MR) is 101 cm³/mol. The van der Waals surface area contributed by atoms with Crippen LogP contribution >= 0.6 is 31.9 Å². The van der Waals surface area contributed by atoms with E-state index in [4.69, 9.17) is 0 Å². The minimum atomic E-state index is -1.12. The standard InChI is InChI=1S/C19H16Br2O3/c1-3-11-7-8-13-18(24)14(20)9-15(22)19(13,21)16(11)12-6-4-5-10(2)17(12)23/h3-7,9,13,16,23H,1,8H2,2H3/t13-,16+,19+/m0/s1. The highest BCUT2D eigenvalue weighted by atomic mass is 79.9. The van der Waals surface area contributed by atoms with Crippen LogP contribution in [-0.2, 0) is 9.59 Å². The number of carbonyl (C=O) groups excluding carboxylic acids is 2. The molecule has 1 aromatic carbocycles. The van der Waals surface area contributed by atoms with Gasteiger partial charge in [0.05, 0.1) is 10.4 Å². The van der Waals surface area contributed by atoms with Crippen molar-refractivity contribution in [2.45, 2.75) is 23.6 Å². The molecule has 5 heteroatoms. The van der Waals surface area contributed by atoms with Gasteiger partial charge in [0.25, 0.3) is 0 Å². The smallest absolute Gasteiger partial charge is 0.175 e. The van der Waals surface area contributed by atoms with Crippen molar-refractivity contribution < 1.29 is 14.7 Å². The molecule has 0 saturated heterocycles. The van der Waals surface area contributed by atoms with Gasteiger partial charge in [-0.2, -0.15) is 0 Å². The molecule has 0 aliphatic heterocycles. The van der Waals surface area contributed by atoms with Crippen LogP contribution in [0.15, 0.2) is 53.1 Å². The second-order valence-electron chi connectivity index (χ2n) is 6.13. The van der Waals surface area contributed by atoms with Gasteiger partial charge < -0.3 is 5.11 Å². The van der Waals surface area contributed by atoms with Crippen LogP contribution in [0.4, 0.5) is 0 Å². The van der Waals surface area contributed by atoms with Gasteiger partial charge in [-0.25, -0.2) is 0 Å². The van der Waals surface area contributed by atoms with E-state index in [9.17, 15) is 14.7 Å². The van der Waals surface area contributed by atoms with Gasteiger partial charge in [-0.15, -0.1) is 0 Å². The number of benzene rings is 1. The first kappa shape index (κ1) is 17.4. The van der Waals surface area contributed by atoms with Crippen molar-refractivity contribution >= 4 is 43.4 Å². The number of para-hydroxylation sites is 1. The third kappa shape index (κ3) is 2.37. The summed E-state index contributed by atoms with van der Waals surface area (Å²) in [4.78, 5) is 25.5. The van der Waals surface area contributed by atoms with Crippen molar-refractivity contribution in [3.8, 4) is 5.75 Å². The first-order valence-electron chi connectivity index (χ1n) is 7.58. The quantitative estimate of drug-likeness (QED) is 0.674. The summed E-state index contributed by atoms with van der Waals surface area (Å²) in [6.45, 7) is 5.66. The number of hydrogen-bond acceptors (Lipinski definition) is 3. The summed E-state index contributed by atoms with van der Waals surface area (Å²) >= 11 is 6.81. The lowest BCUT2D eigenvalue weighted by atomic mass is 9.63. The number of halogens is 2. The average Bonchev–Trinajstić information content (AvgIpc) is 2.55. The second-order valence-corrected chi connectivity index (χ2v) is 8.30. The normalized spacial score (nSPS) is 29.6. The maximum atomic E-state index is 12.9. The molecular weight excluding hydrogens is 436 g/mol. The molecule has 0 spiro atoms. The van der Waals surface area contributed by atoms with E-state index in [1.54, 1.807) is 12.1 Å². The Hall–Kier alpha value is -1.46. The van der Waals surface area contributed by atoms with Crippen molar-refractivity contribution in [2.75, 3.05) is 0 Å². The fourth-order valence-electron chi connectivity index (χ4n) is 3.58. The van der Waals surface area contributed by atoms with Gasteiger partial charge in [-0.3, -0.25) is 9.59 Å². The van der Waals surface area contributed by atoms with E-state index < -0.39 is 16.2 Å². The van der Waals surface area contributed by atoms with Crippen LogP contribution in [0, 0.1) is 12.8 Å². The summed E-state index contributed by atoms with van der Waals surface area (Å²) < 4.78 is -0.819. The third-order valence-electron chi connectivity index (χ3n) is 4.85. The van der Waals surface area contributed by atoms with E-state index in [-0.39, 0.29) is 17.3 Å². The van der Waals surface area contributed by atoms with Crippen LogP contribution in [0.2, 0.25) is 0 Å². The molecule has 3 rings (SSSR count). The Morgan fingerprint density at radius 1 is 1.38 bits per heavy atom. The predicted octanol–water partition coefficient (Wildman–Crippen LogP) is 4.48. The number of hydrogen-bond donors (Lipinski definition) is 1. The van der Waals surface area contributed by atoms with E-state index >= 15 is 0 Å². The molecule has 3 atom stereocenters. The maximum Gasteiger partial charge on any atom is 0.175 e. The molecular formula is C19H16Br2O3. The Balaban J connectivity index is 2.28. The largest absolute Gasteiger partial charge is 0.507 e. The lowest BCUT2D eigenvalue weighted by Gasteiger charge is -2.45. The Bertz CT molecular complexity index is 822. The van der Waals surface area contributed by atoms with Crippen molar-refractivity contribution in [3.05, 3.63) is 64.2 Å². The molecule has 124 valence electrons. The lowest BCUT2D eigenvalue weighted by Crippen LogP contribution is -2.52. The summed E-state index contributed by atoms with van der Waals surface area (Å²) in [7, 11) is 0. The van der Waals surface area contributed by atoms with Gasteiger partial charge in [0.1, 0.15) is 10.1 Å². The number of aromatic hydroxyl groups is 1. The Morgan fingerprint density at radius 2 is 2.08 bits per heavy atom. The topological polar surface area (TPSA) is 54.4 Å². The minimum absolute atomic E-state index is 0.108. The highest BCUT2D eigenvalue weighted by Crippen LogP contribution is 2.55. The number of alkyl halides is 1. The fourth-order valence-corrected chi connectivity index (χ4v) is 5.09. The number of allylic oxidation sites excluding steroid dienone is 5. The SMILES string of the molecule is C=CC1=CC[C@H]2C(=O)C(Br)=CC(=O)[C@@]2(Br)[C@H]1c1cccc(C)c1O. The van der Waals surface area contributed by atoms with Crippen LogP contribution in [0.3, 0.4) is 0 Å². The summed E-state index contributed by atoms with van der Waals surface area (Å²) in [5, 5.41) is 10.6. The molecule has 2 aliphatic rings.